The molecule has 3 aromatic carbocycles. The molecular formula is C23H19N3O6. The van der Waals surface area contributed by atoms with Crippen molar-refractivity contribution < 1.29 is 24.0 Å². The molecule has 0 aromatic heterocycles. The molecule has 9 heteroatoms. The van der Waals surface area contributed by atoms with Gasteiger partial charge < -0.3 is 19.7 Å². The standard InChI is InChI=1S/C23H19N3O6/c1-31-20-9-7-16(11-19(20)26(29)30)23(28)24-17-8-10-21-18(12-17)25(22(27)14-32-21)13-15-5-3-2-4-6-15/h2-12H,13-14H2,1H3,(H,24,28). The third kappa shape index (κ3) is 4.22. The van der Waals surface area contributed by atoms with Gasteiger partial charge in [0.1, 0.15) is 5.75 Å². The Morgan fingerprint density at radius 1 is 1.16 bits per heavy atom. The number of carbonyl (C=O) groups excluding carboxylic acids is 2. The van der Waals surface area contributed by atoms with Gasteiger partial charge in [-0.15, -0.1) is 0 Å². The minimum absolute atomic E-state index is 0.0625. The Kier molecular flexibility index (Phi) is 5.71. The van der Waals surface area contributed by atoms with Crippen LogP contribution in [0.25, 0.3) is 0 Å². The number of nitrogens with zero attached hydrogens (tertiary/aromatic N) is 2. The molecule has 32 heavy (non-hydrogen) atoms. The predicted molar refractivity (Wildman–Crippen MR) is 117 cm³/mol. The second-order valence-corrected chi connectivity index (χ2v) is 7.03. The highest BCUT2D eigenvalue weighted by Gasteiger charge is 2.26. The van der Waals surface area contributed by atoms with Crippen molar-refractivity contribution in [3.05, 3.63) is 88.0 Å². The van der Waals surface area contributed by atoms with E-state index in [2.05, 4.69) is 5.32 Å². The first-order valence-electron chi connectivity index (χ1n) is 9.71. The number of methoxy groups -OCH3 is 1. The van der Waals surface area contributed by atoms with Crippen molar-refractivity contribution >= 4 is 28.9 Å². The molecule has 0 saturated carbocycles. The lowest BCUT2D eigenvalue weighted by atomic mass is 10.1. The average Bonchev–Trinajstić information content (AvgIpc) is 2.81. The number of benzene rings is 3. The van der Waals surface area contributed by atoms with E-state index in [0.717, 1.165) is 11.6 Å². The third-order valence-electron chi connectivity index (χ3n) is 4.98. The van der Waals surface area contributed by atoms with Crippen LogP contribution >= 0.6 is 0 Å². The van der Waals surface area contributed by atoms with Crippen LogP contribution in [0.5, 0.6) is 11.5 Å². The first-order chi connectivity index (χ1) is 15.5. The summed E-state index contributed by atoms with van der Waals surface area (Å²) in [5.74, 6) is -0.143. The number of hydrogen-bond donors (Lipinski definition) is 1. The van der Waals surface area contributed by atoms with Gasteiger partial charge in [-0.3, -0.25) is 19.7 Å². The zero-order valence-electron chi connectivity index (χ0n) is 17.1. The smallest absolute Gasteiger partial charge is 0.311 e. The summed E-state index contributed by atoms with van der Waals surface area (Å²) < 4.78 is 10.5. The predicted octanol–water partition coefficient (Wildman–Crippen LogP) is 3.78. The van der Waals surface area contributed by atoms with Crippen LogP contribution in [0.15, 0.2) is 66.7 Å². The van der Waals surface area contributed by atoms with Crippen molar-refractivity contribution in [2.75, 3.05) is 23.9 Å². The third-order valence-corrected chi connectivity index (χ3v) is 4.98. The normalized spacial score (nSPS) is 12.5. The number of anilines is 2. The summed E-state index contributed by atoms with van der Waals surface area (Å²) in [4.78, 5) is 37.4. The van der Waals surface area contributed by atoms with Crippen LogP contribution in [0.3, 0.4) is 0 Å². The minimum Gasteiger partial charge on any atom is -0.490 e. The van der Waals surface area contributed by atoms with Crippen LogP contribution in [0.1, 0.15) is 15.9 Å². The van der Waals surface area contributed by atoms with Gasteiger partial charge in [-0.05, 0) is 35.9 Å². The van der Waals surface area contributed by atoms with Gasteiger partial charge in [0.25, 0.3) is 11.8 Å². The molecule has 0 unspecified atom stereocenters. The molecule has 3 aromatic rings. The quantitative estimate of drug-likeness (QED) is 0.468. The molecule has 1 aliphatic heterocycles. The van der Waals surface area contributed by atoms with Gasteiger partial charge in [-0.2, -0.15) is 0 Å². The molecule has 1 N–H and O–H groups in total. The Labute approximate surface area is 183 Å². The van der Waals surface area contributed by atoms with Crippen LogP contribution in [-0.4, -0.2) is 30.5 Å². The van der Waals surface area contributed by atoms with Crippen molar-refractivity contribution in [3.63, 3.8) is 0 Å². The summed E-state index contributed by atoms with van der Waals surface area (Å²) in [5, 5.41) is 13.9. The van der Waals surface area contributed by atoms with Crippen molar-refractivity contribution in [2.24, 2.45) is 0 Å². The highest BCUT2D eigenvalue weighted by atomic mass is 16.6. The Balaban J connectivity index is 1.60. The number of ether oxygens (including phenoxy) is 2. The summed E-state index contributed by atoms with van der Waals surface area (Å²) in [5.41, 5.74) is 1.70. The first kappa shape index (κ1) is 20.9. The van der Waals surface area contributed by atoms with Gasteiger partial charge in [-0.1, -0.05) is 30.3 Å². The topological polar surface area (TPSA) is 111 Å². The number of rotatable bonds is 6. The number of hydrogen-bond acceptors (Lipinski definition) is 6. The number of nitrogens with one attached hydrogen (secondary N) is 1. The van der Waals surface area contributed by atoms with Gasteiger partial charge in [0.15, 0.2) is 12.4 Å². The first-order valence-corrected chi connectivity index (χ1v) is 9.71. The molecule has 0 bridgehead atoms. The molecular weight excluding hydrogens is 414 g/mol. The fourth-order valence-corrected chi connectivity index (χ4v) is 3.40. The molecule has 0 atom stereocenters. The second-order valence-electron chi connectivity index (χ2n) is 7.03. The van der Waals surface area contributed by atoms with Crippen molar-refractivity contribution in [3.8, 4) is 11.5 Å². The molecule has 0 spiro atoms. The van der Waals surface area contributed by atoms with Crippen LogP contribution in [-0.2, 0) is 11.3 Å². The number of nitro benzene ring substituents is 1. The zero-order valence-corrected chi connectivity index (χ0v) is 17.1. The zero-order chi connectivity index (χ0) is 22.7. The molecule has 0 radical (unpaired) electrons. The Morgan fingerprint density at radius 2 is 1.94 bits per heavy atom. The monoisotopic (exact) mass is 433 g/mol. The van der Waals surface area contributed by atoms with Gasteiger partial charge in [0, 0.05) is 17.3 Å². The molecule has 162 valence electrons. The van der Waals surface area contributed by atoms with E-state index in [4.69, 9.17) is 9.47 Å². The second kappa shape index (κ2) is 8.76. The summed E-state index contributed by atoms with van der Waals surface area (Å²) in [6.45, 7) is 0.291. The lowest BCUT2D eigenvalue weighted by Gasteiger charge is -2.30. The Bertz CT molecular complexity index is 1200. The van der Waals surface area contributed by atoms with E-state index in [1.54, 1.807) is 23.1 Å². The molecule has 9 nitrogen and oxygen atoms in total. The SMILES string of the molecule is COc1ccc(C(=O)Nc2ccc3c(c2)N(Cc2ccccc2)C(=O)CO3)cc1[N+](=O)[O-]. The van der Waals surface area contributed by atoms with Crippen LogP contribution in [0.2, 0.25) is 0 Å². The van der Waals surface area contributed by atoms with E-state index in [1.807, 2.05) is 30.3 Å². The van der Waals surface area contributed by atoms with Crippen molar-refractivity contribution in [1.82, 2.24) is 0 Å². The summed E-state index contributed by atoms with van der Waals surface area (Å²) in [6.07, 6.45) is 0. The highest BCUT2D eigenvalue weighted by molar-refractivity contribution is 6.06. The molecule has 2 amide bonds. The maximum atomic E-state index is 12.7. The van der Waals surface area contributed by atoms with E-state index in [9.17, 15) is 19.7 Å². The fourth-order valence-electron chi connectivity index (χ4n) is 3.40. The number of carbonyl (C=O) groups is 2. The van der Waals surface area contributed by atoms with Gasteiger partial charge in [0.2, 0.25) is 0 Å². The van der Waals surface area contributed by atoms with E-state index in [0.29, 0.717) is 23.7 Å². The summed E-state index contributed by atoms with van der Waals surface area (Å²) >= 11 is 0. The Hall–Kier alpha value is -4.40. The maximum Gasteiger partial charge on any atom is 0.311 e. The van der Waals surface area contributed by atoms with Crippen LogP contribution < -0.4 is 19.7 Å². The largest absolute Gasteiger partial charge is 0.490 e. The molecule has 1 heterocycles. The average molecular weight is 433 g/mol. The lowest BCUT2D eigenvalue weighted by molar-refractivity contribution is -0.385. The fraction of sp³-hybridized carbons (Fsp3) is 0.130. The number of fused-ring (bicyclic) bond motifs is 1. The van der Waals surface area contributed by atoms with E-state index in [-0.39, 0.29) is 29.5 Å². The van der Waals surface area contributed by atoms with Crippen LogP contribution in [0.4, 0.5) is 17.1 Å². The lowest BCUT2D eigenvalue weighted by Crippen LogP contribution is -2.38. The molecule has 0 saturated heterocycles. The van der Waals surface area contributed by atoms with Gasteiger partial charge in [-0.25, -0.2) is 0 Å². The molecule has 0 aliphatic carbocycles. The number of nitro groups is 1. The van der Waals surface area contributed by atoms with Crippen molar-refractivity contribution in [1.29, 1.82) is 0 Å². The maximum absolute atomic E-state index is 12.7. The van der Waals surface area contributed by atoms with E-state index in [1.165, 1.54) is 19.2 Å². The van der Waals surface area contributed by atoms with E-state index >= 15 is 0 Å². The molecule has 4 rings (SSSR count). The van der Waals surface area contributed by atoms with Gasteiger partial charge in [0.05, 0.1) is 24.3 Å². The van der Waals surface area contributed by atoms with Gasteiger partial charge >= 0.3 is 5.69 Å². The molecule has 0 fully saturated rings. The van der Waals surface area contributed by atoms with E-state index < -0.39 is 10.8 Å². The number of amides is 2. The minimum atomic E-state index is -0.612. The summed E-state index contributed by atoms with van der Waals surface area (Å²) in [7, 11) is 1.32. The molecule has 1 aliphatic rings. The Morgan fingerprint density at radius 3 is 2.66 bits per heavy atom. The van der Waals surface area contributed by atoms with Crippen molar-refractivity contribution in [2.45, 2.75) is 6.54 Å². The summed E-state index contributed by atoms with van der Waals surface area (Å²) in [6, 6.07) is 18.5. The highest BCUT2D eigenvalue weighted by Crippen LogP contribution is 2.36. The van der Waals surface area contributed by atoms with Crippen LogP contribution in [0, 0.1) is 10.1 Å².